The zero-order valence-electron chi connectivity index (χ0n) is 22.3. The second kappa shape index (κ2) is 11.7. The minimum atomic E-state index is -0.548. The monoisotopic (exact) mass is 571 g/mol. The maximum atomic E-state index is 13.1. The molecular weight excluding hydrogens is 541 g/mol. The van der Waals surface area contributed by atoms with Crippen molar-refractivity contribution in [1.82, 2.24) is 14.7 Å². The quantitative estimate of drug-likeness (QED) is 0.362. The number of hydrogen-bond acceptors (Lipinski definition) is 5. The zero-order valence-corrected chi connectivity index (χ0v) is 23.8. The number of ether oxygens (including phenoxy) is 1. The first-order valence-corrected chi connectivity index (χ1v) is 13.3. The van der Waals surface area contributed by atoms with E-state index in [-0.39, 0.29) is 22.8 Å². The van der Waals surface area contributed by atoms with Gasteiger partial charge in [0.05, 0.1) is 40.6 Å². The summed E-state index contributed by atoms with van der Waals surface area (Å²) in [6.07, 6.45) is 1.47. The number of carbonyl (C=O) groups excluding carboxylic acids is 3. The number of anilines is 2. The molecule has 1 aliphatic rings. The predicted molar refractivity (Wildman–Crippen MR) is 152 cm³/mol. The summed E-state index contributed by atoms with van der Waals surface area (Å²) < 4.78 is 6.49. The van der Waals surface area contributed by atoms with E-state index in [1.807, 2.05) is 51.1 Å². The minimum Gasteiger partial charge on any atom is -0.467 e. The van der Waals surface area contributed by atoms with E-state index in [1.54, 1.807) is 27.8 Å². The summed E-state index contributed by atoms with van der Waals surface area (Å²) in [6.45, 7) is 6.60. The second-order valence-corrected chi connectivity index (χ2v) is 11.2. The zero-order chi connectivity index (χ0) is 28.3. The molecule has 4 rings (SSSR count). The van der Waals surface area contributed by atoms with Gasteiger partial charge in [0.1, 0.15) is 11.9 Å². The Kier molecular flexibility index (Phi) is 8.51. The Morgan fingerprint density at radius 1 is 1.08 bits per heavy atom. The first kappa shape index (κ1) is 28.4. The van der Waals surface area contributed by atoms with Crippen molar-refractivity contribution in [3.05, 3.63) is 69.8 Å². The standard InChI is InChI=1S/C28H31Cl2N5O4/c1-28(2,3)22-16-23(32-27(38)31-20-11-6-10-19(29)25(20)30)35(33-22)18-9-5-8-17(14-18)15-24(36)34-13-7-12-21(34)26(37)39-4/h5-6,8-11,14,16,21H,7,12-13,15H2,1-4H3,(H2,31,32,38). The first-order valence-electron chi connectivity index (χ1n) is 12.6. The third-order valence-corrected chi connectivity index (χ3v) is 7.29. The highest BCUT2D eigenvalue weighted by Gasteiger charge is 2.34. The molecule has 2 N–H and O–H groups in total. The van der Waals surface area contributed by atoms with E-state index in [4.69, 9.17) is 33.0 Å². The number of halogens is 2. The molecule has 1 fully saturated rings. The number of nitrogens with one attached hydrogen (secondary N) is 2. The SMILES string of the molecule is COC(=O)C1CCCN1C(=O)Cc1cccc(-n2nc(C(C)(C)C)cc2NC(=O)Nc2cccc(Cl)c2Cl)c1. The highest BCUT2D eigenvalue weighted by atomic mass is 35.5. The van der Waals surface area contributed by atoms with E-state index >= 15 is 0 Å². The van der Waals surface area contributed by atoms with Crippen LogP contribution in [0.3, 0.4) is 0 Å². The van der Waals surface area contributed by atoms with E-state index in [2.05, 4.69) is 10.6 Å². The van der Waals surface area contributed by atoms with Gasteiger partial charge in [-0.3, -0.25) is 10.1 Å². The van der Waals surface area contributed by atoms with Gasteiger partial charge in [-0.25, -0.2) is 14.3 Å². The number of methoxy groups -OCH3 is 1. The molecule has 1 aliphatic heterocycles. The molecule has 0 saturated carbocycles. The van der Waals surface area contributed by atoms with Crippen molar-refractivity contribution < 1.29 is 19.1 Å². The third-order valence-electron chi connectivity index (χ3n) is 6.48. The lowest BCUT2D eigenvalue weighted by Crippen LogP contribution is -2.41. The predicted octanol–water partition coefficient (Wildman–Crippen LogP) is 5.83. The maximum Gasteiger partial charge on any atom is 0.328 e. The Morgan fingerprint density at radius 2 is 1.82 bits per heavy atom. The fourth-order valence-corrected chi connectivity index (χ4v) is 4.77. The Labute approximate surface area is 237 Å². The molecule has 2 heterocycles. The van der Waals surface area contributed by atoms with Crippen LogP contribution in [0.5, 0.6) is 0 Å². The minimum absolute atomic E-state index is 0.116. The molecule has 9 nitrogen and oxygen atoms in total. The van der Waals surface area contributed by atoms with Gasteiger partial charge in [0, 0.05) is 18.0 Å². The number of urea groups is 1. The van der Waals surface area contributed by atoms with Gasteiger partial charge < -0.3 is 15.0 Å². The molecule has 0 bridgehead atoms. The molecule has 1 saturated heterocycles. The number of carbonyl (C=O) groups is 3. The molecule has 39 heavy (non-hydrogen) atoms. The number of benzene rings is 2. The van der Waals surface area contributed by atoms with Crippen LogP contribution in [0.1, 0.15) is 44.9 Å². The topological polar surface area (TPSA) is 106 Å². The van der Waals surface area contributed by atoms with Gasteiger partial charge in [-0.05, 0) is 42.7 Å². The van der Waals surface area contributed by atoms with Gasteiger partial charge in [0.25, 0.3) is 0 Å². The molecule has 2 aromatic carbocycles. The molecule has 3 aromatic rings. The van der Waals surface area contributed by atoms with Crippen molar-refractivity contribution in [2.75, 3.05) is 24.3 Å². The molecule has 0 radical (unpaired) electrons. The average Bonchev–Trinajstić information content (AvgIpc) is 3.54. The highest BCUT2D eigenvalue weighted by molar-refractivity contribution is 6.44. The van der Waals surface area contributed by atoms with Crippen LogP contribution in [0.15, 0.2) is 48.5 Å². The van der Waals surface area contributed by atoms with Crippen molar-refractivity contribution >= 4 is 52.6 Å². The molecule has 1 aromatic heterocycles. The van der Waals surface area contributed by atoms with Crippen LogP contribution in [0, 0.1) is 0 Å². The van der Waals surface area contributed by atoms with Crippen molar-refractivity contribution in [1.29, 1.82) is 0 Å². The lowest BCUT2D eigenvalue weighted by Gasteiger charge is -2.22. The molecule has 1 unspecified atom stereocenters. The summed E-state index contributed by atoms with van der Waals surface area (Å²) in [5, 5.41) is 10.9. The number of rotatable bonds is 6. The average molecular weight is 572 g/mol. The van der Waals surface area contributed by atoms with Gasteiger partial charge >= 0.3 is 12.0 Å². The van der Waals surface area contributed by atoms with E-state index in [1.165, 1.54) is 7.11 Å². The van der Waals surface area contributed by atoms with Crippen LogP contribution in [0.25, 0.3) is 5.69 Å². The number of amides is 3. The number of hydrogen-bond donors (Lipinski definition) is 2. The van der Waals surface area contributed by atoms with Crippen LogP contribution in [0.4, 0.5) is 16.3 Å². The molecule has 3 amide bonds. The molecule has 11 heteroatoms. The summed E-state index contributed by atoms with van der Waals surface area (Å²) in [7, 11) is 1.33. The molecule has 206 valence electrons. The van der Waals surface area contributed by atoms with Crippen molar-refractivity contribution in [3.63, 3.8) is 0 Å². The first-order chi connectivity index (χ1) is 18.5. The molecular formula is C28H31Cl2N5O4. The van der Waals surface area contributed by atoms with Gasteiger partial charge in [0.15, 0.2) is 0 Å². The summed E-state index contributed by atoms with van der Waals surface area (Å²) in [4.78, 5) is 39.7. The largest absolute Gasteiger partial charge is 0.467 e. The van der Waals surface area contributed by atoms with Crippen molar-refractivity contribution in [3.8, 4) is 5.69 Å². The summed E-state index contributed by atoms with van der Waals surface area (Å²) in [6, 6.07) is 13.1. The maximum absolute atomic E-state index is 13.1. The number of esters is 1. The van der Waals surface area contributed by atoms with Gasteiger partial charge in [-0.2, -0.15) is 5.10 Å². The third kappa shape index (κ3) is 6.54. The summed E-state index contributed by atoms with van der Waals surface area (Å²) >= 11 is 12.3. The normalized spacial score (nSPS) is 15.2. The summed E-state index contributed by atoms with van der Waals surface area (Å²) in [5.41, 5.74) is 2.26. The Balaban J connectivity index is 1.58. The fourth-order valence-electron chi connectivity index (χ4n) is 4.42. The van der Waals surface area contributed by atoms with Gasteiger partial charge in [-0.15, -0.1) is 0 Å². The van der Waals surface area contributed by atoms with E-state index in [0.29, 0.717) is 35.2 Å². The van der Waals surface area contributed by atoms with E-state index < -0.39 is 18.0 Å². The Hall–Kier alpha value is -3.56. The number of nitrogens with zero attached hydrogens (tertiary/aromatic N) is 3. The van der Waals surface area contributed by atoms with Crippen LogP contribution in [-0.4, -0.2) is 52.3 Å². The second-order valence-electron chi connectivity index (χ2n) is 10.4. The lowest BCUT2D eigenvalue weighted by molar-refractivity contribution is -0.150. The molecule has 1 atom stereocenters. The molecule has 0 spiro atoms. The Bertz CT molecular complexity index is 1400. The number of aromatic nitrogens is 2. The Morgan fingerprint density at radius 3 is 2.54 bits per heavy atom. The summed E-state index contributed by atoms with van der Waals surface area (Å²) in [5.74, 6) is -0.106. The highest BCUT2D eigenvalue weighted by Crippen LogP contribution is 2.30. The van der Waals surface area contributed by atoms with Crippen molar-refractivity contribution in [2.24, 2.45) is 0 Å². The van der Waals surface area contributed by atoms with Crippen molar-refractivity contribution in [2.45, 2.75) is 51.5 Å². The van der Waals surface area contributed by atoms with Crippen LogP contribution in [-0.2, 0) is 26.2 Å². The number of likely N-dealkylation sites (tertiary alicyclic amines) is 1. The smallest absolute Gasteiger partial charge is 0.328 e. The van der Waals surface area contributed by atoms with Crippen LogP contribution < -0.4 is 10.6 Å². The van der Waals surface area contributed by atoms with Crippen LogP contribution >= 0.6 is 23.2 Å². The van der Waals surface area contributed by atoms with Crippen LogP contribution in [0.2, 0.25) is 10.0 Å². The van der Waals surface area contributed by atoms with Gasteiger partial charge in [-0.1, -0.05) is 62.2 Å². The lowest BCUT2D eigenvalue weighted by atomic mass is 9.92. The van der Waals surface area contributed by atoms with E-state index in [0.717, 1.165) is 17.7 Å². The molecule has 0 aliphatic carbocycles. The van der Waals surface area contributed by atoms with Gasteiger partial charge in [0.2, 0.25) is 5.91 Å². The van der Waals surface area contributed by atoms with E-state index in [9.17, 15) is 14.4 Å². The fraction of sp³-hybridized carbons (Fsp3) is 0.357.